The lowest BCUT2D eigenvalue weighted by molar-refractivity contribution is 0.600. The normalized spacial score (nSPS) is 21.8. The number of rotatable bonds is 3. The molecule has 1 aromatic heterocycles. The summed E-state index contributed by atoms with van der Waals surface area (Å²) in [4.78, 5) is 13.0. The molecule has 0 saturated carbocycles. The standard InChI is InChI=1S/C18H22N4O2S/c1-21(16-7-9-25(23,24)12-16)17-10-18(20-13-19-17)22-8-6-14-4-2-3-5-15(14)11-22/h2-5,10,13,16H,6-9,11-12H2,1H3. The molecule has 25 heavy (non-hydrogen) atoms. The molecule has 132 valence electrons. The number of anilines is 2. The number of nitrogens with zero attached hydrogens (tertiary/aromatic N) is 4. The largest absolute Gasteiger partial charge is 0.355 e. The van der Waals surface area contributed by atoms with Crippen molar-refractivity contribution in [3.8, 4) is 0 Å². The molecule has 3 heterocycles. The maximum atomic E-state index is 11.7. The van der Waals surface area contributed by atoms with E-state index in [0.717, 1.165) is 31.1 Å². The van der Waals surface area contributed by atoms with Gasteiger partial charge in [-0.3, -0.25) is 0 Å². The fourth-order valence-corrected chi connectivity index (χ4v) is 5.44. The van der Waals surface area contributed by atoms with Crippen molar-refractivity contribution in [1.82, 2.24) is 9.97 Å². The molecule has 1 unspecified atom stereocenters. The molecule has 7 heteroatoms. The summed E-state index contributed by atoms with van der Waals surface area (Å²) in [5, 5.41) is 0. The third-order valence-corrected chi connectivity index (χ3v) is 6.96. The van der Waals surface area contributed by atoms with E-state index in [1.807, 2.05) is 18.0 Å². The highest BCUT2D eigenvalue weighted by molar-refractivity contribution is 7.91. The lowest BCUT2D eigenvalue weighted by Crippen LogP contribution is -2.34. The van der Waals surface area contributed by atoms with E-state index in [1.54, 1.807) is 6.33 Å². The van der Waals surface area contributed by atoms with Gasteiger partial charge in [0.15, 0.2) is 9.84 Å². The van der Waals surface area contributed by atoms with Crippen LogP contribution >= 0.6 is 0 Å². The maximum Gasteiger partial charge on any atom is 0.152 e. The Labute approximate surface area is 148 Å². The van der Waals surface area contributed by atoms with Gasteiger partial charge in [0.2, 0.25) is 0 Å². The Morgan fingerprint density at radius 1 is 1.20 bits per heavy atom. The summed E-state index contributed by atoms with van der Waals surface area (Å²) in [7, 11) is -0.988. The van der Waals surface area contributed by atoms with Gasteiger partial charge >= 0.3 is 0 Å². The second-order valence-electron chi connectivity index (χ2n) is 6.84. The lowest BCUT2D eigenvalue weighted by Gasteiger charge is -2.31. The van der Waals surface area contributed by atoms with Gasteiger partial charge in [-0.25, -0.2) is 18.4 Å². The Balaban J connectivity index is 1.54. The van der Waals surface area contributed by atoms with Crippen LogP contribution in [0.15, 0.2) is 36.7 Å². The van der Waals surface area contributed by atoms with Crippen molar-refractivity contribution in [1.29, 1.82) is 0 Å². The van der Waals surface area contributed by atoms with Crippen LogP contribution in [0.25, 0.3) is 0 Å². The molecule has 0 radical (unpaired) electrons. The molecule has 0 N–H and O–H groups in total. The molecule has 2 aromatic rings. The van der Waals surface area contributed by atoms with E-state index >= 15 is 0 Å². The van der Waals surface area contributed by atoms with Gasteiger partial charge in [-0.2, -0.15) is 0 Å². The predicted octanol–water partition coefficient (Wildman–Crippen LogP) is 1.66. The average molecular weight is 358 g/mol. The van der Waals surface area contributed by atoms with Crippen molar-refractivity contribution in [3.63, 3.8) is 0 Å². The quantitative estimate of drug-likeness (QED) is 0.831. The summed E-state index contributed by atoms with van der Waals surface area (Å²) in [5.74, 6) is 2.15. The smallest absolute Gasteiger partial charge is 0.152 e. The molecule has 2 aliphatic heterocycles. The summed E-state index contributed by atoms with van der Waals surface area (Å²) in [6.07, 6.45) is 3.24. The SMILES string of the molecule is CN(c1cc(N2CCc3ccccc3C2)ncn1)C1CCS(=O)(=O)C1. The number of benzene rings is 1. The zero-order valence-electron chi connectivity index (χ0n) is 14.3. The zero-order valence-corrected chi connectivity index (χ0v) is 15.1. The average Bonchev–Trinajstić information content (AvgIpc) is 3.00. The van der Waals surface area contributed by atoms with Crippen molar-refractivity contribution >= 4 is 21.5 Å². The Kier molecular flexibility index (Phi) is 4.11. The van der Waals surface area contributed by atoms with E-state index in [-0.39, 0.29) is 17.5 Å². The van der Waals surface area contributed by atoms with Gasteiger partial charge in [-0.15, -0.1) is 0 Å². The van der Waals surface area contributed by atoms with Crippen molar-refractivity contribution in [3.05, 3.63) is 47.8 Å². The second-order valence-corrected chi connectivity index (χ2v) is 9.07. The highest BCUT2D eigenvalue weighted by Gasteiger charge is 2.31. The minimum absolute atomic E-state index is 0.00479. The van der Waals surface area contributed by atoms with E-state index in [0.29, 0.717) is 6.42 Å². The third kappa shape index (κ3) is 3.33. The molecule has 1 saturated heterocycles. The lowest BCUT2D eigenvalue weighted by atomic mass is 10.00. The van der Waals surface area contributed by atoms with Crippen molar-refractivity contribution < 1.29 is 8.42 Å². The van der Waals surface area contributed by atoms with Crippen molar-refractivity contribution in [2.75, 3.05) is 34.9 Å². The van der Waals surface area contributed by atoms with E-state index in [9.17, 15) is 8.42 Å². The minimum Gasteiger partial charge on any atom is -0.355 e. The van der Waals surface area contributed by atoms with Gasteiger partial charge in [0, 0.05) is 32.2 Å². The monoisotopic (exact) mass is 358 g/mol. The molecule has 0 aliphatic carbocycles. The summed E-state index contributed by atoms with van der Waals surface area (Å²) in [6, 6.07) is 10.5. The van der Waals surface area contributed by atoms with Crippen molar-refractivity contribution in [2.24, 2.45) is 0 Å². The second kappa shape index (κ2) is 6.29. The molecular weight excluding hydrogens is 336 g/mol. The van der Waals surface area contributed by atoms with Crippen LogP contribution in [0.4, 0.5) is 11.6 Å². The van der Waals surface area contributed by atoms with E-state index in [1.165, 1.54) is 11.1 Å². The highest BCUT2D eigenvalue weighted by atomic mass is 32.2. The Bertz CT molecular complexity index is 884. The van der Waals surface area contributed by atoms with E-state index in [4.69, 9.17) is 0 Å². The van der Waals surface area contributed by atoms with Crippen LogP contribution < -0.4 is 9.80 Å². The van der Waals surface area contributed by atoms with Gasteiger partial charge in [-0.05, 0) is 24.0 Å². The fourth-order valence-electron chi connectivity index (χ4n) is 3.66. The molecule has 0 amide bonds. The van der Waals surface area contributed by atoms with Gasteiger partial charge in [0.1, 0.15) is 18.0 Å². The number of aromatic nitrogens is 2. The van der Waals surface area contributed by atoms with Crippen LogP contribution in [0, 0.1) is 0 Å². The summed E-state index contributed by atoms with van der Waals surface area (Å²) < 4.78 is 23.5. The summed E-state index contributed by atoms with van der Waals surface area (Å²) >= 11 is 0. The molecule has 4 rings (SSSR count). The Hall–Kier alpha value is -2.15. The zero-order chi connectivity index (χ0) is 17.4. The maximum absolute atomic E-state index is 11.7. The number of hydrogen-bond donors (Lipinski definition) is 0. The fraction of sp³-hybridized carbons (Fsp3) is 0.444. The summed E-state index contributed by atoms with van der Waals surface area (Å²) in [6.45, 7) is 1.77. The first-order valence-corrected chi connectivity index (χ1v) is 10.4. The predicted molar refractivity (Wildman–Crippen MR) is 98.7 cm³/mol. The molecule has 1 fully saturated rings. The number of sulfone groups is 1. The van der Waals surface area contributed by atoms with Gasteiger partial charge in [0.05, 0.1) is 11.5 Å². The van der Waals surface area contributed by atoms with Crippen LogP contribution in [-0.4, -0.2) is 49.5 Å². The van der Waals surface area contributed by atoms with Crippen LogP contribution in [0.5, 0.6) is 0 Å². The highest BCUT2D eigenvalue weighted by Crippen LogP contribution is 2.26. The Morgan fingerprint density at radius 2 is 2.00 bits per heavy atom. The Morgan fingerprint density at radius 3 is 2.76 bits per heavy atom. The van der Waals surface area contributed by atoms with Crippen molar-refractivity contribution in [2.45, 2.75) is 25.4 Å². The van der Waals surface area contributed by atoms with E-state index in [2.05, 4.69) is 39.1 Å². The number of hydrogen-bond acceptors (Lipinski definition) is 6. The molecule has 2 aliphatic rings. The summed E-state index contributed by atoms with van der Waals surface area (Å²) in [5.41, 5.74) is 2.74. The molecule has 1 aromatic carbocycles. The first kappa shape index (κ1) is 16.3. The van der Waals surface area contributed by atoms with Crippen LogP contribution in [0.3, 0.4) is 0 Å². The van der Waals surface area contributed by atoms with Gasteiger partial charge in [0.25, 0.3) is 0 Å². The third-order valence-electron chi connectivity index (χ3n) is 5.21. The number of fused-ring (bicyclic) bond motifs is 1. The first-order valence-electron chi connectivity index (χ1n) is 8.59. The molecule has 6 nitrogen and oxygen atoms in total. The molecule has 0 spiro atoms. The van der Waals surface area contributed by atoms with Gasteiger partial charge in [-0.1, -0.05) is 24.3 Å². The van der Waals surface area contributed by atoms with Crippen LogP contribution in [-0.2, 0) is 22.8 Å². The van der Waals surface area contributed by atoms with Crippen LogP contribution in [0.2, 0.25) is 0 Å². The van der Waals surface area contributed by atoms with Crippen LogP contribution in [0.1, 0.15) is 17.5 Å². The van der Waals surface area contributed by atoms with E-state index < -0.39 is 9.84 Å². The minimum atomic E-state index is -2.91. The molecule has 1 atom stereocenters. The van der Waals surface area contributed by atoms with Gasteiger partial charge < -0.3 is 9.80 Å². The topological polar surface area (TPSA) is 66.4 Å². The molecule has 0 bridgehead atoms. The first-order chi connectivity index (χ1) is 12.0. The molecular formula is C18H22N4O2S.